The van der Waals surface area contributed by atoms with Crippen molar-refractivity contribution in [2.45, 2.75) is 31.9 Å². The Morgan fingerprint density at radius 3 is 2.27 bits per heavy atom. The van der Waals surface area contributed by atoms with Gasteiger partial charge in [-0.3, -0.25) is 9.69 Å². The lowest BCUT2D eigenvalue weighted by molar-refractivity contribution is -0.150. The Morgan fingerprint density at radius 1 is 0.939 bits per heavy atom. The van der Waals surface area contributed by atoms with Crippen molar-refractivity contribution in [1.82, 2.24) is 4.90 Å². The van der Waals surface area contributed by atoms with Crippen molar-refractivity contribution < 1.29 is 19.0 Å². The highest BCUT2D eigenvalue weighted by Crippen LogP contribution is 2.41. The first-order valence-corrected chi connectivity index (χ1v) is 11.3. The molecule has 3 aromatic carbocycles. The van der Waals surface area contributed by atoms with Crippen LogP contribution in [-0.2, 0) is 22.4 Å². The summed E-state index contributed by atoms with van der Waals surface area (Å²) in [6.07, 6.45) is 1.19. The van der Waals surface area contributed by atoms with E-state index in [1.807, 2.05) is 42.5 Å². The highest BCUT2D eigenvalue weighted by molar-refractivity contribution is 5.75. The highest BCUT2D eigenvalue weighted by atomic mass is 16.5. The van der Waals surface area contributed by atoms with Gasteiger partial charge in [-0.15, -0.1) is 0 Å². The highest BCUT2D eigenvalue weighted by Gasteiger charge is 2.33. The van der Waals surface area contributed by atoms with Crippen molar-refractivity contribution in [2.24, 2.45) is 0 Å². The Bertz CT molecular complexity index is 1110. The van der Waals surface area contributed by atoms with Gasteiger partial charge >= 0.3 is 5.97 Å². The van der Waals surface area contributed by atoms with Crippen LogP contribution in [0.4, 0.5) is 0 Å². The molecular weight excluding hydrogens is 414 g/mol. The van der Waals surface area contributed by atoms with Crippen LogP contribution in [0.1, 0.15) is 29.7 Å². The van der Waals surface area contributed by atoms with Gasteiger partial charge in [-0.1, -0.05) is 42.5 Å². The molecule has 0 saturated heterocycles. The largest absolute Gasteiger partial charge is 0.497 e. The summed E-state index contributed by atoms with van der Waals surface area (Å²) in [5, 5.41) is 0. The molecule has 0 bridgehead atoms. The van der Waals surface area contributed by atoms with Crippen molar-refractivity contribution in [3.05, 3.63) is 83.4 Å². The number of hydrogen-bond acceptors (Lipinski definition) is 5. The third kappa shape index (κ3) is 5.04. The number of carbonyl (C=O) groups excluding carboxylic acids is 1. The maximum absolute atomic E-state index is 12.3. The van der Waals surface area contributed by atoms with Crippen LogP contribution >= 0.6 is 0 Å². The Labute approximate surface area is 195 Å². The monoisotopic (exact) mass is 445 g/mol. The Balaban J connectivity index is 1.92. The van der Waals surface area contributed by atoms with Crippen LogP contribution in [0.15, 0.2) is 66.7 Å². The summed E-state index contributed by atoms with van der Waals surface area (Å²) in [5.41, 5.74) is 5.48. The summed E-state index contributed by atoms with van der Waals surface area (Å²) in [6.45, 7) is 2.31. The summed E-state index contributed by atoms with van der Waals surface area (Å²) in [4.78, 5) is 14.6. The van der Waals surface area contributed by atoms with Crippen LogP contribution in [-0.4, -0.2) is 44.7 Å². The van der Waals surface area contributed by atoms with Gasteiger partial charge in [0.25, 0.3) is 0 Å². The number of ether oxygens (including phenoxy) is 3. The topological polar surface area (TPSA) is 48.0 Å². The van der Waals surface area contributed by atoms with E-state index in [0.29, 0.717) is 0 Å². The zero-order valence-corrected chi connectivity index (χ0v) is 19.7. The molecule has 5 nitrogen and oxygen atoms in total. The van der Waals surface area contributed by atoms with E-state index >= 15 is 0 Å². The number of benzene rings is 3. The maximum atomic E-state index is 12.3. The third-order valence-electron chi connectivity index (χ3n) is 6.40. The van der Waals surface area contributed by atoms with E-state index in [1.54, 1.807) is 14.2 Å². The third-order valence-corrected chi connectivity index (χ3v) is 6.40. The van der Waals surface area contributed by atoms with Gasteiger partial charge in [0, 0.05) is 19.0 Å². The Morgan fingerprint density at radius 2 is 1.61 bits per heavy atom. The van der Waals surface area contributed by atoms with Crippen LogP contribution in [0, 0.1) is 0 Å². The van der Waals surface area contributed by atoms with Gasteiger partial charge in [0.05, 0.1) is 20.3 Å². The summed E-state index contributed by atoms with van der Waals surface area (Å²) in [6, 6.07) is 22.5. The van der Waals surface area contributed by atoms with Gasteiger partial charge in [0.1, 0.15) is 17.6 Å². The molecule has 2 unspecified atom stereocenters. The minimum Gasteiger partial charge on any atom is -0.497 e. The van der Waals surface area contributed by atoms with Crippen LogP contribution in [0.5, 0.6) is 11.5 Å². The number of nitrogens with zero attached hydrogens (tertiary/aromatic N) is 1. The van der Waals surface area contributed by atoms with Gasteiger partial charge < -0.3 is 14.2 Å². The Kier molecular flexibility index (Phi) is 6.99. The average molecular weight is 446 g/mol. The second-order valence-electron chi connectivity index (χ2n) is 8.49. The first-order chi connectivity index (χ1) is 16.0. The molecule has 0 aromatic heterocycles. The molecule has 4 rings (SSSR count). The fraction of sp³-hybridized carbons (Fsp3) is 0.321. The minimum absolute atomic E-state index is 0.0281. The van der Waals surface area contributed by atoms with Gasteiger partial charge in [0.15, 0.2) is 0 Å². The predicted molar refractivity (Wildman–Crippen MR) is 130 cm³/mol. The molecule has 5 heteroatoms. The van der Waals surface area contributed by atoms with Crippen molar-refractivity contribution in [3.8, 4) is 22.6 Å². The number of likely N-dealkylation sites (N-methyl/N-ethyl adjacent to an activating group) is 1. The number of esters is 1. The van der Waals surface area contributed by atoms with Gasteiger partial charge in [-0.2, -0.15) is 0 Å². The van der Waals surface area contributed by atoms with Gasteiger partial charge in [-0.25, -0.2) is 0 Å². The number of fused-ring (bicyclic) bond motifs is 3. The molecule has 0 amide bonds. The minimum atomic E-state index is -0.439. The SMILES string of the molecule is COc1ccc2c(c1)-c1cc(OC)ccc1C(OC(C)=O)C(Cc1ccccc1)N(C)CC2. The van der Waals surface area contributed by atoms with Crippen molar-refractivity contribution >= 4 is 5.97 Å². The predicted octanol–water partition coefficient (Wildman–Crippen LogP) is 5.07. The molecule has 1 heterocycles. The molecule has 33 heavy (non-hydrogen) atoms. The first-order valence-electron chi connectivity index (χ1n) is 11.3. The molecule has 0 fully saturated rings. The molecule has 0 radical (unpaired) electrons. The normalized spacial score (nSPS) is 18.2. The summed E-state index contributed by atoms with van der Waals surface area (Å²) >= 11 is 0. The smallest absolute Gasteiger partial charge is 0.303 e. The number of rotatable bonds is 5. The lowest BCUT2D eigenvalue weighted by Crippen LogP contribution is -2.41. The molecule has 2 atom stereocenters. The quantitative estimate of drug-likeness (QED) is 0.513. The lowest BCUT2D eigenvalue weighted by Gasteiger charge is -2.34. The average Bonchev–Trinajstić information content (AvgIpc) is 2.88. The van der Waals surface area contributed by atoms with Gasteiger partial charge in [0.2, 0.25) is 0 Å². The van der Waals surface area contributed by atoms with Crippen LogP contribution in [0.25, 0.3) is 11.1 Å². The molecular formula is C28H31NO4. The molecule has 0 saturated carbocycles. The van der Waals surface area contributed by atoms with Crippen LogP contribution in [0.3, 0.4) is 0 Å². The number of methoxy groups -OCH3 is 2. The van der Waals surface area contributed by atoms with Gasteiger partial charge in [-0.05, 0) is 66.4 Å². The van der Waals surface area contributed by atoms with Crippen LogP contribution < -0.4 is 9.47 Å². The second-order valence-corrected chi connectivity index (χ2v) is 8.49. The molecule has 0 spiro atoms. The molecule has 0 N–H and O–H groups in total. The molecule has 3 aromatic rings. The van der Waals surface area contributed by atoms with E-state index in [2.05, 4.69) is 36.2 Å². The first kappa shape index (κ1) is 22.9. The fourth-order valence-electron chi connectivity index (χ4n) is 4.64. The van der Waals surface area contributed by atoms with Crippen molar-refractivity contribution in [3.63, 3.8) is 0 Å². The second kappa shape index (κ2) is 10.1. The zero-order chi connectivity index (χ0) is 23.4. The van der Waals surface area contributed by atoms with E-state index in [1.165, 1.54) is 18.1 Å². The van der Waals surface area contributed by atoms with Crippen molar-refractivity contribution in [1.29, 1.82) is 0 Å². The molecule has 172 valence electrons. The zero-order valence-electron chi connectivity index (χ0n) is 19.7. The van der Waals surface area contributed by atoms with E-state index in [9.17, 15) is 4.79 Å². The summed E-state index contributed by atoms with van der Waals surface area (Å²) < 4.78 is 17.2. The summed E-state index contributed by atoms with van der Waals surface area (Å²) in [7, 11) is 5.45. The fourth-order valence-corrected chi connectivity index (χ4v) is 4.64. The van der Waals surface area contributed by atoms with Crippen molar-refractivity contribution in [2.75, 3.05) is 27.8 Å². The maximum Gasteiger partial charge on any atom is 0.303 e. The van der Waals surface area contributed by atoms with Crippen LogP contribution in [0.2, 0.25) is 0 Å². The molecule has 1 aliphatic rings. The lowest BCUT2D eigenvalue weighted by atomic mass is 9.88. The van der Waals surface area contributed by atoms with E-state index in [0.717, 1.165) is 47.6 Å². The standard InChI is InChI=1S/C28H31NO4/c1-19(30)33-28-24-13-12-23(32-4)18-26(24)25-17-22(31-3)11-10-21(25)14-15-29(2)27(28)16-20-8-6-5-7-9-20/h5-13,17-18,27-28H,14-16H2,1-4H3. The summed E-state index contributed by atoms with van der Waals surface area (Å²) in [5.74, 6) is 1.26. The van der Waals surface area contributed by atoms with E-state index in [-0.39, 0.29) is 12.0 Å². The van der Waals surface area contributed by atoms with E-state index < -0.39 is 6.10 Å². The Hall–Kier alpha value is -3.31. The molecule has 1 aliphatic heterocycles. The number of carbonyl (C=O) groups is 1. The van der Waals surface area contributed by atoms with E-state index in [4.69, 9.17) is 14.2 Å². The number of hydrogen-bond donors (Lipinski definition) is 0. The molecule has 0 aliphatic carbocycles.